The second kappa shape index (κ2) is 11.0. The molecule has 38 heavy (non-hydrogen) atoms. The Labute approximate surface area is 218 Å². The summed E-state index contributed by atoms with van der Waals surface area (Å²) in [5.74, 6) is -0.644. The molecule has 0 saturated carbocycles. The van der Waals surface area contributed by atoms with Crippen LogP contribution in [0.5, 0.6) is 0 Å². The van der Waals surface area contributed by atoms with E-state index in [2.05, 4.69) is 14.7 Å². The summed E-state index contributed by atoms with van der Waals surface area (Å²) in [5.41, 5.74) is -0.407. The molecular formula is C26H27F3N4O4S. The van der Waals surface area contributed by atoms with Crippen LogP contribution in [0, 0.1) is 5.92 Å². The van der Waals surface area contributed by atoms with E-state index in [1.165, 1.54) is 18.2 Å². The zero-order chi connectivity index (χ0) is 27.5. The highest BCUT2D eigenvalue weighted by atomic mass is 32.2. The first kappa shape index (κ1) is 27.4. The number of anilines is 2. The average molecular weight is 549 g/mol. The topological polar surface area (TPSA) is 112 Å². The van der Waals surface area contributed by atoms with Gasteiger partial charge in [-0.05, 0) is 55.0 Å². The van der Waals surface area contributed by atoms with Crippen LogP contribution in [-0.4, -0.2) is 42.6 Å². The maximum atomic E-state index is 13.8. The molecule has 4 rings (SSSR count). The van der Waals surface area contributed by atoms with Crippen LogP contribution in [0.1, 0.15) is 37.3 Å². The number of carbonyl (C=O) groups is 1. The number of aryl methyl sites for hydroxylation is 1. The lowest BCUT2D eigenvalue weighted by Gasteiger charge is -2.32. The number of benzene rings is 1. The first-order chi connectivity index (χ1) is 18.0. The van der Waals surface area contributed by atoms with Crippen LogP contribution in [0.15, 0.2) is 59.6 Å². The van der Waals surface area contributed by atoms with Crippen molar-refractivity contribution in [2.24, 2.45) is 5.92 Å². The normalized spacial score (nSPS) is 14.9. The van der Waals surface area contributed by atoms with E-state index in [-0.39, 0.29) is 34.4 Å². The second-order valence-corrected chi connectivity index (χ2v) is 10.7. The molecule has 1 saturated heterocycles. The smallest absolute Gasteiger partial charge is 0.418 e. The maximum Gasteiger partial charge on any atom is 0.418 e. The third-order valence-electron chi connectivity index (χ3n) is 6.48. The van der Waals surface area contributed by atoms with Gasteiger partial charge in [-0.3, -0.25) is 9.52 Å². The largest absolute Gasteiger partial charge is 0.481 e. The molecule has 0 spiro atoms. The van der Waals surface area contributed by atoms with Gasteiger partial charge in [-0.1, -0.05) is 37.3 Å². The van der Waals surface area contributed by atoms with Crippen molar-refractivity contribution < 1.29 is 31.5 Å². The Hall–Kier alpha value is -3.67. The molecule has 3 aromatic rings. The van der Waals surface area contributed by atoms with Crippen LogP contribution in [0.2, 0.25) is 0 Å². The predicted octanol–water partition coefficient (Wildman–Crippen LogP) is 5.22. The fraction of sp³-hybridized carbons (Fsp3) is 0.346. The summed E-state index contributed by atoms with van der Waals surface area (Å²) in [4.78, 5) is 21.2. The molecule has 1 aliphatic rings. The van der Waals surface area contributed by atoms with E-state index in [0.717, 1.165) is 12.1 Å². The summed E-state index contributed by atoms with van der Waals surface area (Å²) in [5, 5.41) is 8.69. The number of alkyl halides is 3. The molecule has 0 amide bonds. The van der Waals surface area contributed by atoms with Crippen molar-refractivity contribution >= 4 is 27.6 Å². The van der Waals surface area contributed by atoms with Crippen molar-refractivity contribution in [3.8, 4) is 11.3 Å². The standard InChI is InChI=1S/C26H27F3N4O4S/c1-2-18-6-3-4-7-19(18)25-20(26(27,28)29)10-11-21(30-25)32-38(36,37)23-9-5-8-22(31-23)33-14-12-17(13-15-33)16-24(34)35/h3-11,17H,2,12-16H2,1H3,(H,30,32)(H,34,35). The number of piperidine rings is 1. The molecule has 1 fully saturated rings. The maximum absolute atomic E-state index is 13.8. The molecule has 0 aliphatic carbocycles. The first-order valence-electron chi connectivity index (χ1n) is 12.1. The van der Waals surface area contributed by atoms with Gasteiger partial charge in [0.2, 0.25) is 0 Å². The van der Waals surface area contributed by atoms with Crippen LogP contribution in [0.3, 0.4) is 0 Å². The first-order valence-corrected chi connectivity index (χ1v) is 13.6. The quantitative estimate of drug-likeness (QED) is 0.397. The van der Waals surface area contributed by atoms with Crippen molar-refractivity contribution in [3.05, 3.63) is 65.7 Å². The van der Waals surface area contributed by atoms with Crippen LogP contribution in [0.4, 0.5) is 24.8 Å². The van der Waals surface area contributed by atoms with Gasteiger partial charge in [-0.15, -0.1) is 0 Å². The number of sulfonamides is 1. The predicted molar refractivity (Wildman–Crippen MR) is 136 cm³/mol. The highest BCUT2D eigenvalue weighted by molar-refractivity contribution is 7.92. The van der Waals surface area contributed by atoms with Gasteiger partial charge >= 0.3 is 12.1 Å². The summed E-state index contributed by atoms with van der Waals surface area (Å²) in [6.45, 7) is 2.87. The number of pyridine rings is 2. The number of carboxylic acid groups (broad SMARTS) is 1. The van der Waals surface area contributed by atoms with Crippen LogP contribution < -0.4 is 9.62 Å². The number of hydrogen-bond donors (Lipinski definition) is 2. The summed E-state index contributed by atoms with van der Waals surface area (Å²) >= 11 is 0. The zero-order valence-electron chi connectivity index (χ0n) is 20.6. The van der Waals surface area contributed by atoms with Crippen molar-refractivity contribution in [1.29, 1.82) is 0 Å². The molecule has 202 valence electrons. The highest BCUT2D eigenvalue weighted by Crippen LogP contribution is 2.38. The Morgan fingerprint density at radius 3 is 2.42 bits per heavy atom. The molecule has 12 heteroatoms. The monoisotopic (exact) mass is 548 g/mol. The second-order valence-electron chi connectivity index (χ2n) is 9.07. The van der Waals surface area contributed by atoms with Gasteiger partial charge in [-0.25, -0.2) is 9.97 Å². The zero-order valence-corrected chi connectivity index (χ0v) is 21.4. The third kappa shape index (κ3) is 6.24. The number of nitrogens with zero attached hydrogens (tertiary/aromatic N) is 3. The molecule has 1 aromatic carbocycles. The highest BCUT2D eigenvalue weighted by Gasteiger charge is 2.35. The van der Waals surface area contributed by atoms with Crippen molar-refractivity contribution in [2.75, 3.05) is 22.7 Å². The third-order valence-corrected chi connectivity index (χ3v) is 7.73. The lowest BCUT2D eigenvalue weighted by Crippen LogP contribution is -2.35. The Kier molecular flexibility index (Phi) is 7.91. The Morgan fingerprint density at radius 2 is 1.76 bits per heavy atom. The number of rotatable bonds is 8. The molecule has 0 radical (unpaired) electrons. The molecule has 0 bridgehead atoms. The Balaban J connectivity index is 1.61. The fourth-order valence-electron chi connectivity index (χ4n) is 4.54. The molecule has 2 aromatic heterocycles. The number of carboxylic acids is 1. The molecule has 0 atom stereocenters. The molecule has 3 heterocycles. The van der Waals surface area contributed by atoms with Crippen LogP contribution >= 0.6 is 0 Å². The minimum Gasteiger partial charge on any atom is -0.481 e. The van der Waals surface area contributed by atoms with Gasteiger partial charge in [0.25, 0.3) is 10.0 Å². The molecule has 0 unspecified atom stereocenters. The summed E-state index contributed by atoms with van der Waals surface area (Å²) in [6.07, 6.45) is -2.85. The van der Waals surface area contributed by atoms with E-state index >= 15 is 0 Å². The van der Waals surface area contributed by atoms with Gasteiger partial charge in [0, 0.05) is 25.1 Å². The summed E-state index contributed by atoms with van der Waals surface area (Å²) < 4.78 is 69.9. The molecular weight excluding hydrogens is 521 g/mol. The van der Waals surface area contributed by atoms with E-state index in [0.29, 0.717) is 43.7 Å². The number of aliphatic carboxylic acids is 1. The Bertz CT molecular complexity index is 1420. The van der Waals surface area contributed by atoms with Crippen LogP contribution in [0.25, 0.3) is 11.3 Å². The Morgan fingerprint density at radius 1 is 1.05 bits per heavy atom. The van der Waals surface area contributed by atoms with E-state index in [4.69, 9.17) is 5.11 Å². The lowest BCUT2D eigenvalue weighted by molar-refractivity contribution is -0.138. The van der Waals surface area contributed by atoms with Gasteiger partial charge in [0.15, 0.2) is 5.03 Å². The summed E-state index contributed by atoms with van der Waals surface area (Å²) in [6, 6.07) is 12.8. The van der Waals surface area contributed by atoms with Crippen molar-refractivity contribution in [2.45, 2.75) is 43.8 Å². The molecule has 1 aliphatic heterocycles. The number of hydrogen-bond acceptors (Lipinski definition) is 6. The SMILES string of the molecule is CCc1ccccc1-c1nc(NS(=O)(=O)c2cccc(N3CCC(CC(=O)O)CC3)n2)ccc1C(F)(F)F. The van der Waals surface area contributed by atoms with Crippen LogP contribution in [-0.2, 0) is 27.4 Å². The van der Waals surface area contributed by atoms with E-state index < -0.39 is 27.7 Å². The fourth-order valence-corrected chi connectivity index (χ4v) is 5.51. The molecule has 8 nitrogen and oxygen atoms in total. The van der Waals surface area contributed by atoms with Gasteiger partial charge < -0.3 is 10.0 Å². The van der Waals surface area contributed by atoms with Crippen molar-refractivity contribution in [3.63, 3.8) is 0 Å². The lowest BCUT2D eigenvalue weighted by atomic mass is 9.94. The number of halogens is 3. The van der Waals surface area contributed by atoms with Gasteiger partial charge in [0.1, 0.15) is 11.6 Å². The van der Waals surface area contributed by atoms with Crippen molar-refractivity contribution in [1.82, 2.24) is 9.97 Å². The summed E-state index contributed by atoms with van der Waals surface area (Å²) in [7, 11) is -4.27. The minimum absolute atomic E-state index is 0.0510. The van der Waals surface area contributed by atoms with E-state index in [1.807, 2.05) is 11.8 Å². The number of nitrogens with one attached hydrogen (secondary N) is 1. The van der Waals surface area contributed by atoms with Gasteiger partial charge in [0.05, 0.1) is 11.3 Å². The number of aromatic nitrogens is 2. The van der Waals surface area contributed by atoms with E-state index in [1.54, 1.807) is 24.3 Å². The molecule has 2 N–H and O–H groups in total. The average Bonchev–Trinajstić information content (AvgIpc) is 2.88. The van der Waals surface area contributed by atoms with E-state index in [9.17, 15) is 26.4 Å². The minimum atomic E-state index is -4.69. The van der Waals surface area contributed by atoms with Gasteiger partial charge in [-0.2, -0.15) is 21.6 Å².